The number of nitrogens with zero attached hydrogens (tertiary/aromatic N) is 2. The minimum Gasteiger partial charge on any atom is -0.497 e. The highest BCUT2D eigenvalue weighted by atomic mass is 16.5. The maximum Gasteiger partial charge on any atom is 0.229 e. The molecule has 0 saturated heterocycles. The van der Waals surface area contributed by atoms with Gasteiger partial charge in [-0.25, -0.2) is 0 Å². The minimum atomic E-state index is -0.141. The Labute approximate surface area is 163 Å². The van der Waals surface area contributed by atoms with E-state index in [1.807, 2.05) is 43.3 Å². The lowest BCUT2D eigenvalue weighted by Gasteiger charge is -2.12. The summed E-state index contributed by atoms with van der Waals surface area (Å²) in [5.74, 6) is 2.10. The molecule has 1 amide bonds. The van der Waals surface area contributed by atoms with Crippen molar-refractivity contribution in [1.29, 1.82) is 0 Å². The highest BCUT2D eigenvalue weighted by Crippen LogP contribution is 2.30. The Morgan fingerprint density at radius 3 is 2.43 bits per heavy atom. The first kappa shape index (κ1) is 19.2. The van der Waals surface area contributed by atoms with E-state index < -0.39 is 0 Å². The average molecular weight is 378 g/mol. The normalized spacial score (nSPS) is 10.2. The summed E-state index contributed by atoms with van der Waals surface area (Å²) in [4.78, 5) is 12.2. The molecule has 28 heavy (non-hydrogen) atoms. The number of aryl methyl sites for hydroxylation is 1. The first-order chi connectivity index (χ1) is 13.6. The van der Waals surface area contributed by atoms with Crippen molar-refractivity contribution in [2.75, 3.05) is 24.9 Å². The molecule has 0 bridgehead atoms. The van der Waals surface area contributed by atoms with E-state index in [0.29, 0.717) is 23.1 Å². The average Bonchev–Trinajstić information content (AvgIpc) is 2.69. The van der Waals surface area contributed by atoms with Crippen molar-refractivity contribution in [1.82, 2.24) is 10.2 Å². The third kappa shape index (κ3) is 4.97. The fraction of sp³-hybridized carbons (Fsp3) is 0.190. The van der Waals surface area contributed by atoms with Crippen molar-refractivity contribution in [2.45, 2.75) is 13.3 Å². The molecule has 7 nitrogen and oxygen atoms in total. The molecule has 3 rings (SSSR count). The summed E-state index contributed by atoms with van der Waals surface area (Å²) >= 11 is 0. The number of aromatic nitrogens is 2. The molecule has 2 N–H and O–H groups in total. The SMILES string of the molecule is COc1ccc(Nc2ccc(NC(=O)Cc3cccc(C)c3)nn2)c(OC)c1. The van der Waals surface area contributed by atoms with Gasteiger partial charge in [-0.15, -0.1) is 10.2 Å². The van der Waals surface area contributed by atoms with Crippen LogP contribution in [0.15, 0.2) is 54.6 Å². The number of ether oxygens (including phenoxy) is 2. The van der Waals surface area contributed by atoms with Crippen molar-refractivity contribution < 1.29 is 14.3 Å². The van der Waals surface area contributed by atoms with Gasteiger partial charge in [0, 0.05) is 6.07 Å². The molecule has 0 saturated carbocycles. The van der Waals surface area contributed by atoms with E-state index in [1.165, 1.54) is 0 Å². The molecule has 1 aromatic heterocycles. The van der Waals surface area contributed by atoms with Gasteiger partial charge >= 0.3 is 0 Å². The van der Waals surface area contributed by atoms with Crippen LogP contribution < -0.4 is 20.1 Å². The summed E-state index contributed by atoms with van der Waals surface area (Å²) < 4.78 is 10.5. The molecule has 0 atom stereocenters. The summed E-state index contributed by atoms with van der Waals surface area (Å²) in [6.45, 7) is 2.00. The second kappa shape index (κ2) is 8.85. The van der Waals surface area contributed by atoms with Crippen LogP contribution in [0.4, 0.5) is 17.3 Å². The fourth-order valence-corrected chi connectivity index (χ4v) is 2.70. The number of hydrogen-bond acceptors (Lipinski definition) is 6. The number of carbonyl (C=O) groups is 1. The van der Waals surface area contributed by atoms with Crippen molar-refractivity contribution >= 4 is 23.2 Å². The zero-order valence-corrected chi connectivity index (χ0v) is 16.0. The number of nitrogens with one attached hydrogen (secondary N) is 2. The number of benzene rings is 2. The number of carbonyl (C=O) groups excluding carboxylic acids is 1. The smallest absolute Gasteiger partial charge is 0.229 e. The van der Waals surface area contributed by atoms with Crippen molar-refractivity contribution in [2.24, 2.45) is 0 Å². The maximum absolute atomic E-state index is 12.2. The number of methoxy groups -OCH3 is 2. The summed E-state index contributed by atoms with van der Waals surface area (Å²) in [7, 11) is 3.18. The maximum atomic E-state index is 12.2. The Bertz CT molecular complexity index is 958. The molecule has 0 radical (unpaired) electrons. The third-order valence-electron chi connectivity index (χ3n) is 4.05. The van der Waals surface area contributed by atoms with E-state index in [9.17, 15) is 4.79 Å². The summed E-state index contributed by atoms with van der Waals surface area (Å²) in [6, 6.07) is 16.7. The van der Waals surface area contributed by atoms with Gasteiger partial charge in [0.05, 0.1) is 26.3 Å². The molecule has 0 aliphatic heterocycles. The van der Waals surface area contributed by atoms with E-state index >= 15 is 0 Å². The fourth-order valence-electron chi connectivity index (χ4n) is 2.70. The molecular formula is C21H22N4O3. The summed E-state index contributed by atoms with van der Waals surface area (Å²) in [6.07, 6.45) is 0.284. The zero-order valence-electron chi connectivity index (χ0n) is 16.0. The lowest BCUT2D eigenvalue weighted by atomic mass is 10.1. The quantitative estimate of drug-likeness (QED) is 0.652. The number of anilines is 3. The van der Waals surface area contributed by atoms with E-state index in [4.69, 9.17) is 9.47 Å². The predicted octanol–water partition coefficient (Wildman–Crippen LogP) is 3.73. The second-order valence-corrected chi connectivity index (χ2v) is 6.21. The molecule has 0 aliphatic rings. The molecular weight excluding hydrogens is 356 g/mol. The van der Waals surface area contributed by atoms with Crippen LogP contribution in [-0.2, 0) is 11.2 Å². The van der Waals surface area contributed by atoms with Gasteiger partial charge in [-0.1, -0.05) is 29.8 Å². The monoisotopic (exact) mass is 378 g/mol. The highest BCUT2D eigenvalue weighted by molar-refractivity contribution is 5.91. The minimum absolute atomic E-state index is 0.141. The van der Waals surface area contributed by atoms with Gasteiger partial charge in [-0.05, 0) is 36.8 Å². The Balaban J connectivity index is 1.63. The first-order valence-electron chi connectivity index (χ1n) is 8.75. The highest BCUT2D eigenvalue weighted by Gasteiger charge is 2.08. The van der Waals surface area contributed by atoms with Crippen LogP contribution in [0.3, 0.4) is 0 Å². The van der Waals surface area contributed by atoms with Crippen molar-refractivity contribution in [3.63, 3.8) is 0 Å². The zero-order chi connectivity index (χ0) is 19.9. The summed E-state index contributed by atoms with van der Waals surface area (Å²) in [5.41, 5.74) is 2.80. The molecule has 3 aromatic rings. The Morgan fingerprint density at radius 2 is 1.75 bits per heavy atom. The van der Waals surface area contributed by atoms with E-state index in [2.05, 4.69) is 20.8 Å². The predicted molar refractivity (Wildman–Crippen MR) is 108 cm³/mol. The Morgan fingerprint density at radius 1 is 0.964 bits per heavy atom. The van der Waals surface area contributed by atoms with Crippen LogP contribution in [0, 0.1) is 6.92 Å². The molecule has 0 aliphatic carbocycles. The molecule has 0 spiro atoms. The van der Waals surface area contributed by atoms with Crippen LogP contribution in [0.1, 0.15) is 11.1 Å². The Kier molecular flexibility index (Phi) is 6.06. The molecule has 1 heterocycles. The second-order valence-electron chi connectivity index (χ2n) is 6.21. The van der Waals surface area contributed by atoms with Crippen molar-refractivity contribution in [3.05, 3.63) is 65.7 Å². The van der Waals surface area contributed by atoms with Gasteiger partial charge in [0.25, 0.3) is 0 Å². The van der Waals surface area contributed by atoms with Gasteiger partial charge in [-0.2, -0.15) is 0 Å². The van der Waals surface area contributed by atoms with E-state index in [1.54, 1.807) is 32.4 Å². The lowest BCUT2D eigenvalue weighted by Crippen LogP contribution is -2.15. The summed E-state index contributed by atoms with van der Waals surface area (Å²) in [5, 5.41) is 14.0. The van der Waals surface area contributed by atoms with Gasteiger partial charge in [-0.3, -0.25) is 4.79 Å². The molecule has 7 heteroatoms. The van der Waals surface area contributed by atoms with Crippen LogP contribution in [-0.4, -0.2) is 30.3 Å². The molecule has 0 fully saturated rings. The largest absolute Gasteiger partial charge is 0.497 e. The van der Waals surface area contributed by atoms with Gasteiger partial charge < -0.3 is 20.1 Å². The van der Waals surface area contributed by atoms with Crippen LogP contribution in [0.2, 0.25) is 0 Å². The van der Waals surface area contributed by atoms with E-state index in [0.717, 1.165) is 16.8 Å². The molecule has 0 unspecified atom stereocenters. The van der Waals surface area contributed by atoms with Gasteiger partial charge in [0.1, 0.15) is 11.5 Å². The van der Waals surface area contributed by atoms with Crippen LogP contribution in [0.25, 0.3) is 0 Å². The van der Waals surface area contributed by atoms with Gasteiger partial charge in [0.2, 0.25) is 5.91 Å². The third-order valence-corrected chi connectivity index (χ3v) is 4.05. The van der Waals surface area contributed by atoms with Crippen molar-refractivity contribution in [3.8, 4) is 11.5 Å². The lowest BCUT2D eigenvalue weighted by molar-refractivity contribution is -0.115. The molecule has 2 aromatic carbocycles. The number of amides is 1. The molecule has 144 valence electrons. The standard InChI is InChI=1S/C21H22N4O3/c1-14-5-4-6-15(11-14)12-21(26)23-20-10-9-19(24-25-20)22-17-8-7-16(27-2)13-18(17)28-3/h4-11,13H,12H2,1-3H3,(H,22,24)(H,23,25,26). The first-order valence-corrected chi connectivity index (χ1v) is 8.75. The van der Waals surface area contributed by atoms with Gasteiger partial charge in [0.15, 0.2) is 11.6 Å². The topological polar surface area (TPSA) is 85.4 Å². The van der Waals surface area contributed by atoms with E-state index in [-0.39, 0.29) is 12.3 Å². The number of rotatable bonds is 7. The van der Waals surface area contributed by atoms with Crippen LogP contribution >= 0.6 is 0 Å². The Hall–Kier alpha value is -3.61. The van der Waals surface area contributed by atoms with Crippen LogP contribution in [0.5, 0.6) is 11.5 Å². The number of hydrogen-bond donors (Lipinski definition) is 2.